The van der Waals surface area contributed by atoms with Crippen LogP contribution in [0.1, 0.15) is 35.8 Å². The molecular weight excluding hydrogens is 330 g/mol. The summed E-state index contributed by atoms with van der Waals surface area (Å²) < 4.78 is 12.4. The number of esters is 1. The summed E-state index contributed by atoms with van der Waals surface area (Å²) in [6.07, 6.45) is 5.02. The molecule has 1 aliphatic rings. The van der Waals surface area contributed by atoms with Crippen molar-refractivity contribution in [1.82, 2.24) is 14.8 Å². The SMILES string of the molecule is COC(=O)c1ccc2c(c1)nc(Cl)c1nn(C3CCCCO3)cc12. The van der Waals surface area contributed by atoms with Gasteiger partial charge in [0.2, 0.25) is 0 Å². The number of fused-ring (bicyclic) bond motifs is 3. The van der Waals surface area contributed by atoms with E-state index in [0.29, 0.717) is 21.7 Å². The number of halogens is 1. The standard InChI is InChI=1S/C17H16ClN3O3/c1-23-17(22)10-5-6-11-12-9-21(14-4-2-3-7-24-14)20-15(12)16(18)19-13(11)8-10/h5-6,8-9,14H,2-4,7H2,1H3. The van der Waals surface area contributed by atoms with Crippen molar-refractivity contribution in [3.8, 4) is 0 Å². The number of carbonyl (C=O) groups excluding carboxylic acids is 1. The van der Waals surface area contributed by atoms with E-state index in [-0.39, 0.29) is 6.23 Å². The first-order valence-corrected chi connectivity index (χ1v) is 8.23. The molecule has 1 aliphatic heterocycles. The quantitative estimate of drug-likeness (QED) is 0.523. The summed E-state index contributed by atoms with van der Waals surface area (Å²) in [5.41, 5.74) is 1.72. The van der Waals surface area contributed by atoms with Crippen LogP contribution in [0.15, 0.2) is 24.4 Å². The molecule has 0 radical (unpaired) electrons. The highest BCUT2D eigenvalue weighted by Gasteiger charge is 2.20. The lowest BCUT2D eigenvalue weighted by molar-refractivity contribution is -0.0390. The van der Waals surface area contributed by atoms with Crippen LogP contribution < -0.4 is 0 Å². The number of nitrogens with zero attached hydrogens (tertiary/aromatic N) is 3. The van der Waals surface area contributed by atoms with Crippen molar-refractivity contribution >= 4 is 39.4 Å². The molecule has 4 rings (SSSR count). The molecule has 2 aromatic heterocycles. The topological polar surface area (TPSA) is 66.2 Å². The van der Waals surface area contributed by atoms with Crippen molar-refractivity contribution in [3.63, 3.8) is 0 Å². The fourth-order valence-electron chi connectivity index (χ4n) is 3.08. The van der Waals surface area contributed by atoms with E-state index in [1.54, 1.807) is 12.1 Å². The molecule has 0 saturated carbocycles. The molecular formula is C17H16ClN3O3. The third-order valence-electron chi connectivity index (χ3n) is 4.31. The monoisotopic (exact) mass is 345 g/mol. The third-order valence-corrected chi connectivity index (χ3v) is 4.57. The summed E-state index contributed by atoms with van der Waals surface area (Å²) in [6.45, 7) is 0.746. The maximum Gasteiger partial charge on any atom is 0.337 e. The van der Waals surface area contributed by atoms with Gasteiger partial charge in [0.1, 0.15) is 11.7 Å². The number of rotatable bonds is 2. The van der Waals surface area contributed by atoms with E-state index in [9.17, 15) is 4.79 Å². The molecule has 1 saturated heterocycles. The van der Waals surface area contributed by atoms with E-state index >= 15 is 0 Å². The molecule has 1 unspecified atom stereocenters. The maximum atomic E-state index is 11.7. The second kappa shape index (κ2) is 6.03. The molecule has 0 aliphatic carbocycles. The second-order valence-corrected chi connectivity index (χ2v) is 6.18. The molecule has 1 aromatic carbocycles. The van der Waals surface area contributed by atoms with Crippen molar-refractivity contribution < 1.29 is 14.3 Å². The van der Waals surface area contributed by atoms with Crippen LogP contribution in [-0.2, 0) is 9.47 Å². The van der Waals surface area contributed by atoms with Crippen molar-refractivity contribution in [2.75, 3.05) is 13.7 Å². The van der Waals surface area contributed by atoms with Crippen LogP contribution in [0.25, 0.3) is 21.8 Å². The number of benzene rings is 1. The summed E-state index contributed by atoms with van der Waals surface area (Å²) in [4.78, 5) is 16.1. The Morgan fingerprint density at radius 1 is 1.38 bits per heavy atom. The number of hydrogen-bond donors (Lipinski definition) is 0. The largest absolute Gasteiger partial charge is 0.465 e. The Morgan fingerprint density at radius 2 is 2.25 bits per heavy atom. The summed E-state index contributed by atoms with van der Waals surface area (Å²) in [7, 11) is 1.35. The van der Waals surface area contributed by atoms with Gasteiger partial charge in [-0.1, -0.05) is 17.7 Å². The molecule has 0 spiro atoms. The average Bonchev–Trinajstić information content (AvgIpc) is 3.07. The van der Waals surface area contributed by atoms with Crippen LogP contribution in [0, 0.1) is 0 Å². The van der Waals surface area contributed by atoms with Gasteiger partial charge in [-0.25, -0.2) is 14.5 Å². The van der Waals surface area contributed by atoms with Gasteiger partial charge in [0.15, 0.2) is 5.15 Å². The minimum atomic E-state index is -0.402. The van der Waals surface area contributed by atoms with Gasteiger partial charge in [-0.3, -0.25) is 0 Å². The van der Waals surface area contributed by atoms with E-state index in [2.05, 4.69) is 10.1 Å². The lowest BCUT2D eigenvalue weighted by Crippen LogP contribution is -2.18. The van der Waals surface area contributed by atoms with Gasteiger partial charge in [0, 0.05) is 23.6 Å². The molecule has 7 heteroatoms. The molecule has 1 atom stereocenters. The fourth-order valence-corrected chi connectivity index (χ4v) is 3.31. The van der Waals surface area contributed by atoms with Crippen LogP contribution in [0.5, 0.6) is 0 Å². The van der Waals surface area contributed by atoms with Crippen LogP contribution in [0.3, 0.4) is 0 Å². The van der Waals surface area contributed by atoms with Crippen molar-refractivity contribution in [3.05, 3.63) is 35.1 Å². The Kier molecular flexibility index (Phi) is 3.86. The second-order valence-electron chi connectivity index (χ2n) is 5.82. The van der Waals surface area contributed by atoms with Crippen molar-refractivity contribution in [2.45, 2.75) is 25.5 Å². The Balaban J connectivity index is 1.87. The van der Waals surface area contributed by atoms with Crippen LogP contribution in [0.2, 0.25) is 5.15 Å². The summed E-state index contributed by atoms with van der Waals surface area (Å²) in [5, 5.41) is 6.67. The molecule has 3 aromatic rings. The normalized spacial score (nSPS) is 18.2. The highest BCUT2D eigenvalue weighted by Crippen LogP contribution is 2.31. The van der Waals surface area contributed by atoms with E-state index in [1.165, 1.54) is 7.11 Å². The Labute approximate surface area is 143 Å². The van der Waals surface area contributed by atoms with E-state index in [1.807, 2.05) is 16.9 Å². The summed E-state index contributed by atoms with van der Waals surface area (Å²) in [5.74, 6) is -0.402. The number of carbonyl (C=O) groups is 1. The molecule has 0 amide bonds. The van der Waals surface area contributed by atoms with Crippen LogP contribution in [0.4, 0.5) is 0 Å². The molecule has 0 N–H and O–H groups in total. The number of pyridine rings is 1. The number of hydrogen-bond acceptors (Lipinski definition) is 5. The first-order valence-electron chi connectivity index (χ1n) is 7.85. The predicted octanol–water partition coefficient (Wildman–Crippen LogP) is 3.72. The van der Waals surface area contributed by atoms with Gasteiger partial charge in [-0.2, -0.15) is 5.10 Å². The van der Waals surface area contributed by atoms with Gasteiger partial charge >= 0.3 is 5.97 Å². The minimum Gasteiger partial charge on any atom is -0.465 e. The van der Waals surface area contributed by atoms with Crippen LogP contribution >= 0.6 is 11.6 Å². The Bertz CT molecular complexity index is 932. The maximum absolute atomic E-state index is 11.7. The third kappa shape index (κ3) is 2.52. The zero-order valence-electron chi connectivity index (χ0n) is 13.2. The first-order chi connectivity index (χ1) is 11.7. The van der Waals surface area contributed by atoms with Crippen molar-refractivity contribution in [2.24, 2.45) is 0 Å². The first kappa shape index (κ1) is 15.4. The van der Waals surface area contributed by atoms with Gasteiger partial charge in [0.05, 0.1) is 18.2 Å². The zero-order chi connectivity index (χ0) is 16.7. The molecule has 1 fully saturated rings. The molecule has 0 bridgehead atoms. The van der Waals surface area contributed by atoms with Gasteiger partial charge < -0.3 is 9.47 Å². The Morgan fingerprint density at radius 3 is 3.00 bits per heavy atom. The lowest BCUT2D eigenvalue weighted by atomic mass is 10.1. The smallest absolute Gasteiger partial charge is 0.337 e. The van der Waals surface area contributed by atoms with Gasteiger partial charge in [-0.15, -0.1) is 0 Å². The number of aromatic nitrogens is 3. The predicted molar refractivity (Wildman–Crippen MR) is 90.2 cm³/mol. The highest BCUT2D eigenvalue weighted by molar-refractivity contribution is 6.35. The average molecular weight is 346 g/mol. The highest BCUT2D eigenvalue weighted by atomic mass is 35.5. The number of ether oxygens (including phenoxy) is 2. The van der Waals surface area contributed by atoms with E-state index in [0.717, 1.165) is 36.6 Å². The van der Waals surface area contributed by atoms with E-state index in [4.69, 9.17) is 21.1 Å². The molecule has 3 heterocycles. The summed E-state index contributed by atoms with van der Waals surface area (Å²) >= 11 is 6.31. The summed E-state index contributed by atoms with van der Waals surface area (Å²) in [6, 6.07) is 5.25. The van der Waals surface area contributed by atoms with Gasteiger partial charge in [-0.05, 0) is 31.4 Å². The van der Waals surface area contributed by atoms with Crippen molar-refractivity contribution in [1.29, 1.82) is 0 Å². The molecule has 124 valence electrons. The minimum absolute atomic E-state index is 0.0633. The zero-order valence-corrected chi connectivity index (χ0v) is 13.9. The fraction of sp³-hybridized carbons (Fsp3) is 0.353. The molecule has 24 heavy (non-hydrogen) atoms. The molecule has 6 nitrogen and oxygen atoms in total. The van der Waals surface area contributed by atoms with Gasteiger partial charge in [0.25, 0.3) is 0 Å². The number of methoxy groups -OCH3 is 1. The van der Waals surface area contributed by atoms with E-state index < -0.39 is 5.97 Å². The van der Waals surface area contributed by atoms with Crippen LogP contribution in [-0.4, -0.2) is 34.5 Å². The Hall–Kier alpha value is -2.18. The lowest BCUT2D eigenvalue weighted by Gasteiger charge is -2.22.